The molecule has 1 heterocycles. The van der Waals surface area contributed by atoms with Gasteiger partial charge in [0.1, 0.15) is 0 Å². The molecule has 0 aliphatic heterocycles. The molecule has 102 valence electrons. The molecule has 0 saturated heterocycles. The molecule has 3 N–H and O–H groups in total. The van der Waals surface area contributed by atoms with Gasteiger partial charge >= 0.3 is 0 Å². The molecular formula is C15H20N2S2. The lowest BCUT2D eigenvalue weighted by molar-refractivity contribution is 0.555. The highest BCUT2D eigenvalue weighted by Crippen LogP contribution is 2.25. The molecule has 0 amide bonds. The Balaban J connectivity index is 2.10. The third-order valence-electron chi connectivity index (χ3n) is 3.19. The Kier molecular flexibility index (Phi) is 5.45. The van der Waals surface area contributed by atoms with E-state index < -0.39 is 0 Å². The molecule has 2 aromatic rings. The van der Waals surface area contributed by atoms with Crippen molar-refractivity contribution < 1.29 is 0 Å². The Morgan fingerprint density at radius 3 is 2.37 bits per heavy atom. The van der Waals surface area contributed by atoms with Gasteiger partial charge in [0.15, 0.2) is 0 Å². The lowest BCUT2D eigenvalue weighted by Crippen LogP contribution is -2.29. The van der Waals surface area contributed by atoms with Crippen molar-refractivity contribution in [2.45, 2.75) is 30.7 Å². The quantitative estimate of drug-likeness (QED) is 0.483. The summed E-state index contributed by atoms with van der Waals surface area (Å²) in [6, 6.07) is 13.2. The number of thioether (sulfide) groups is 1. The minimum atomic E-state index is 0.180. The topological polar surface area (TPSA) is 38.0 Å². The predicted octanol–water partition coefficient (Wildman–Crippen LogP) is 3.78. The normalized spacial score (nSPS) is 12.6. The van der Waals surface area contributed by atoms with Gasteiger partial charge in [-0.05, 0) is 42.5 Å². The second kappa shape index (κ2) is 7.10. The molecular weight excluding hydrogens is 272 g/mol. The van der Waals surface area contributed by atoms with Crippen LogP contribution in [0.1, 0.15) is 28.3 Å². The van der Waals surface area contributed by atoms with Crippen LogP contribution < -0.4 is 11.3 Å². The third kappa shape index (κ3) is 3.83. The maximum Gasteiger partial charge on any atom is 0.0508 e. The van der Waals surface area contributed by atoms with Crippen LogP contribution >= 0.6 is 23.1 Å². The largest absolute Gasteiger partial charge is 0.271 e. The number of aryl methyl sites for hydroxylation is 1. The Bertz CT molecular complexity index is 505. The van der Waals surface area contributed by atoms with Crippen LogP contribution in [0.4, 0.5) is 0 Å². The van der Waals surface area contributed by atoms with Crippen LogP contribution in [-0.2, 0) is 12.8 Å². The van der Waals surface area contributed by atoms with E-state index in [9.17, 15) is 0 Å². The highest BCUT2D eigenvalue weighted by molar-refractivity contribution is 7.98. The lowest BCUT2D eigenvalue weighted by atomic mass is 10.0. The number of nitrogens with two attached hydrogens (primary N) is 1. The van der Waals surface area contributed by atoms with Gasteiger partial charge in [-0.15, -0.1) is 23.1 Å². The molecule has 1 unspecified atom stereocenters. The molecule has 1 aromatic heterocycles. The standard InChI is InChI=1S/C15H20N2S2/c1-3-12-8-9-14(19-12)10-15(17-16)11-4-6-13(18-2)7-5-11/h4-9,15,17H,3,10,16H2,1-2H3. The molecule has 0 aliphatic rings. The van der Waals surface area contributed by atoms with Gasteiger partial charge in [0.2, 0.25) is 0 Å². The van der Waals surface area contributed by atoms with Gasteiger partial charge in [-0.1, -0.05) is 19.1 Å². The minimum absolute atomic E-state index is 0.180. The van der Waals surface area contributed by atoms with E-state index in [1.54, 1.807) is 11.8 Å². The minimum Gasteiger partial charge on any atom is -0.271 e. The van der Waals surface area contributed by atoms with Gasteiger partial charge < -0.3 is 0 Å². The van der Waals surface area contributed by atoms with E-state index in [0.717, 1.165) is 12.8 Å². The van der Waals surface area contributed by atoms with E-state index in [-0.39, 0.29) is 6.04 Å². The highest BCUT2D eigenvalue weighted by Gasteiger charge is 2.12. The molecule has 19 heavy (non-hydrogen) atoms. The SMILES string of the molecule is CCc1ccc(CC(NN)c2ccc(SC)cc2)s1. The average molecular weight is 292 g/mol. The first-order chi connectivity index (χ1) is 9.26. The molecule has 1 aromatic carbocycles. The zero-order chi connectivity index (χ0) is 13.7. The summed E-state index contributed by atoms with van der Waals surface area (Å²) >= 11 is 3.64. The molecule has 0 radical (unpaired) electrons. The van der Waals surface area contributed by atoms with E-state index in [4.69, 9.17) is 5.84 Å². The van der Waals surface area contributed by atoms with Gasteiger partial charge in [-0.25, -0.2) is 0 Å². The van der Waals surface area contributed by atoms with E-state index in [2.05, 4.69) is 55.0 Å². The zero-order valence-corrected chi connectivity index (χ0v) is 13.0. The monoisotopic (exact) mass is 292 g/mol. The van der Waals surface area contributed by atoms with Crippen LogP contribution in [0.3, 0.4) is 0 Å². The number of hydrazine groups is 1. The lowest BCUT2D eigenvalue weighted by Gasteiger charge is -2.15. The van der Waals surface area contributed by atoms with Crippen LogP contribution in [0.5, 0.6) is 0 Å². The number of hydrogen-bond acceptors (Lipinski definition) is 4. The molecule has 0 saturated carbocycles. The fraction of sp³-hybridized carbons (Fsp3) is 0.333. The van der Waals surface area contributed by atoms with Crippen molar-refractivity contribution in [2.75, 3.05) is 6.26 Å². The average Bonchev–Trinajstić information content (AvgIpc) is 2.92. The fourth-order valence-electron chi connectivity index (χ4n) is 2.03. The first-order valence-corrected chi connectivity index (χ1v) is 8.48. The molecule has 0 spiro atoms. The van der Waals surface area contributed by atoms with Crippen LogP contribution in [0.25, 0.3) is 0 Å². The number of hydrogen-bond donors (Lipinski definition) is 2. The molecule has 0 bridgehead atoms. The summed E-state index contributed by atoms with van der Waals surface area (Å²) in [4.78, 5) is 4.10. The van der Waals surface area contributed by atoms with E-state index in [0.29, 0.717) is 0 Å². The highest BCUT2D eigenvalue weighted by atomic mass is 32.2. The zero-order valence-electron chi connectivity index (χ0n) is 11.3. The van der Waals surface area contributed by atoms with Gasteiger partial charge in [0.05, 0.1) is 6.04 Å². The Labute approximate surface area is 123 Å². The summed E-state index contributed by atoms with van der Waals surface area (Å²) in [5, 5.41) is 0. The molecule has 1 atom stereocenters. The van der Waals surface area contributed by atoms with Crippen molar-refractivity contribution in [1.29, 1.82) is 0 Å². The van der Waals surface area contributed by atoms with Crippen molar-refractivity contribution in [3.63, 3.8) is 0 Å². The van der Waals surface area contributed by atoms with Crippen molar-refractivity contribution >= 4 is 23.1 Å². The number of benzene rings is 1. The number of rotatable bonds is 6. The summed E-state index contributed by atoms with van der Waals surface area (Å²) in [6.45, 7) is 2.19. The van der Waals surface area contributed by atoms with Crippen molar-refractivity contribution in [3.8, 4) is 0 Å². The summed E-state index contributed by atoms with van der Waals surface area (Å²) in [5.74, 6) is 5.71. The molecule has 4 heteroatoms. The van der Waals surface area contributed by atoms with Gasteiger partial charge in [0.25, 0.3) is 0 Å². The first kappa shape index (κ1) is 14.6. The Hall–Kier alpha value is -0.810. The number of nitrogens with one attached hydrogen (secondary N) is 1. The summed E-state index contributed by atoms with van der Waals surface area (Å²) in [6.07, 6.45) is 4.14. The van der Waals surface area contributed by atoms with Crippen molar-refractivity contribution in [2.24, 2.45) is 5.84 Å². The van der Waals surface area contributed by atoms with Crippen LogP contribution in [-0.4, -0.2) is 6.26 Å². The smallest absolute Gasteiger partial charge is 0.0508 e. The second-order valence-electron chi connectivity index (χ2n) is 4.42. The second-order valence-corrected chi connectivity index (χ2v) is 6.55. The fourth-order valence-corrected chi connectivity index (χ4v) is 3.44. The molecule has 2 nitrogen and oxygen atoms in total. The maximum absolute atomic E-state index is 5.71. The van der Waals surface area contributed by atoms with Gasteiger partial charge in [-0.2, -0.15) is 0 Å². The molecule has 2 rings (SSSR count). The Morgan fingerprint density at radius 2 is 1.84 bits per heavy atom. The van der Waals surface area contributed by atoms with E-state index in [1.807, 2.05) is 11.3 Å². The predicted molar refractivity (Wildman–Crippen MR) is 85.7 cm³/mol. The third-order valence-corrected chi connectivity index (χ3v) is 5.19. The summed E-state index contributed by atoms with van der Waals surface area (Å²) in [5.41, 5.74) is 4.17. The van der Waals surface area contributed by atoms with Crippen LogP contribution in [0, 0.1) is 0 Å². The summed E-state index contributed by atoms with van der Waals surface area (Å²) in [7, 11) is 0. The van der Waals surface area contributed by atoms with E-state index >= 15 is 0 Å². The molecule has 0 aliphatic carbocycles. The van der Waals surface area contributed by atoms with Crippen LogP contribution in [0.2, 0.25) is 0 Å². The van der Waals surface area contributed by atoms with Crippen molar-refractivity contribution in [1.82, 2.24) is 5.43 Å². The van der Waals surface area contributed by atoms with Gasteiger partial charge in [-0.3, -0.25) is 11.3 Å². The van der Waals surface area contributed by atoms with E-state index in [1.165, 1.54) is 20.2 Å². The Morgan fingerprint density at radius 1 is 1.16 bits per heavy atom. The van der Waals surface area contributed by atoms with Gasteiger partial charge in [0, 0.05) is 21.1 Å². The first-order valence-electron chi connectivity index (χ1n) is 6.44. The maximum atomic E-state index is 5.71. The molecule has 0 fully saturated rings. The number of thiophene rings is 1. The van der Waals surface area contributed by atoms with Crippen molar-refractivity contribution in [3.05, 3.63) is 51.7 Å². The summed E-state index contributed by atoms with van der Waals surface area (Å²) < 4.78 is 0. The van der Waals surface area contributed by atoms with Crippen LogP contribution in [0.15, 0.2) is 41.3 Å².